The number of furan rings is 1. The van der Waals surface area contributed by atoms with Crippen molar-refractivity contribution < 1.29 is 23.5 Å². The lowest BCUT2D eigenvalue weighted by Gasteiger charge is -2.36. The maximum absolute atomic E-state index is 13.0. The van der Waals surface area contributed by atoms with Crippen LogP contribution in [0.2, 0.25) is 0 Å². The van der Waals surface area contributed by atoms with Crippen molar-refractivity contribution >= 4 is 29.1 Å². The summed E-state index contributed by atoms with van der Waals surface area (Å²) in [6.45, 7) is 2.79. The minimum absolute atomic E-state index is 0.0113. The molecule has 0 saturated carbocycles. The number of nitrogens with zero attached hydrogens (tertiary/aromatic N) is 3. The van der Waals surface area contributed by atoms with Crippen molar-refractivity contribution in [2.45, 2.75) is 6.54 Å². The SMILES string of the molecule is COc1ccc(C(=O)N2CCN(c3ccc(NC(=O)CN(Cc4ccccc4)C(=O)c4ccco4)cc3)CC2)cc1. The highest BCUT2D eigenvalue weighted by Crippen LogP contribution is 2.21. The van der Waals surface area contributed by atoms with E-state index in [1.165, 1.54) is 11.2 Å². The van der Waals surface area contributed by atoms with Crippen LogP contribution in [0.15, 0.2) is 102 Å². The number of rotatable bonds is 9. The summed E-state index contributed by atoms with van der Waals surface area (Å²) in [5, 5.41) is 2.89. The number of carbonyl (C=O) groups excluding carboxylic acids is 3. The van der Waals surface area contributed by atoms with Gasteiger partial charge in [-0.1, -0.05) is 30.3 Å². The molecule has 0 bridgehead atoms. The molecule has 0 aliphatic carbocycles. The zero-order chi connectivity index (χ0) is 28.6. The molecule has 3 aromatic carbocycles. The molecule has 1 fully saturated rings. The molecule has 9 heteroatoms. The molecular weight excluding hydrogens is 520 g/mol. The fraction of sp³-hybridized carbons (Fsp3) is 0.219. The van der Waals surface area contributed by atoms with Crippen LogP contribution >= 0.6 is 0 Å². The summed E-state index contributed by atoms with van der Waals surface area (Å²) in [7, 11) is 1.60. The molecule has 1 saturated heterocycles. The van der Waals surface area contributed by atoms with Crippen molar-refractivity contribution in [2.24, 2.45) is 0 Å². The van der Waals surface area contributed by atoms with Gasteiger partial charge in [-0.2, -0.15) is 0 Å². The van der Waals surface area contributed by atoms with Crippen LogP contribution in [-0.2, 0) is 11.3 Å². The number of amides is 3. The molecule has 210 valence electrons. The summed E-state index contributed by atoms with van der Waals surface area (Å²) in [4.78, 5) is 44.4. The first-order valence-electron chi connectivity index (χ1n) is 13.4. The third-order valence-electron chi connectivity index (χ3n) is 6.99. The first-order valence-corrected chi connectivity index (χ1v) is 13.4. The number of carbonyl (C=O) groups is 3. The number of piperazine rings is 1. The Balaban J connectivity index is 1.15. The van der Waals surface area contributed by atoms with Gasteiger partial charge in [0.1, 0.15) is 12.3 Å². The Bertz CT molecular complexity index is 1450. The van der Waals surface area contributed by atoms with Crippen LogP contribution in [0, 0.1) is 0 Å². The summed E-state index contributed by atoms with van der Waals surface area (Å²) in [5.41, 5.74) is 3.21. The van der Waals surface area contributed by atoms with Gasteiger partial charge in [-0.3, -0.25) is 14.4 Å². The van der Waals surface area contributed by atoms with Gasteiger partial charge in [0.2, 0.25) is 5.91 Å². The van der Waals surface area contributed by atoms with Gasteiger partial charge in [-0.15, -0.1) is 0 Å². The lowest BCUT2D eigenvalue weighted by molar-refractivity contribution is -0.117. The molecule has 0 spiro atoms. The Kier molecular flexibility index (Phi) is 8.64. The van der Waals surface area contributed by atoms with Crippen molar-refractivity contribution in [2.75, 3.05) is 50.1 Å². The van der Waals surface area contributed by atoms with E-state index < -0.39 is 0 Å². The zero-order valence-electron chi connectivity index (χ0n) is 22.9. The summed E-state index contributed by atoms with van der Waals surface area (Å²) in [5.74, 6) is 0.257. The van der Waals surface area contributed by atoms with Crippen molar-refractivity contribution in [3.05, 3.63) is 114 Å². The van der Waals surface area contributed by atoms with Gasteiger partial charge < -0.3 is 29.2 Å². The Morgan fingerprint density at radius 1 is 0.854 bits per heavy atom. The van der Waals surface area contributed by atoms with E-state index in [4.69, 9.17) is 9.15 Å². The molecule has 9 nitrogen and oxygen atoms in total. The van der Waals surface area contributed by atoms with Crippen molar-refractivity contribution in [3.63, 3.8) is 0 Å². The van der Waals surface area contributed by atoms with E-state index in [-0.39, 0.29) is 36.6 Å². The summed E-state index contributed by atoms with van der Waals surface area (Å²) >= 11 is 0. The number of benzene rings is 3. The number of ether oxygens (including phenoxy) is 1. The van der Waals surface area contributed by atoms with E-state index in [1.807, 2.05) is 59.5 Å². The third-order valence-corrected chi connectivity index (χ3v) is 6.99. The predicted octanol–water partition coefficient (Wildman–Crippen LogP) is 4.53. The van der Waals surface area contributed by atoms with Gasteiger partial charge >= 0.3 is 0 Å². The molecule has 1 aromatic heterocycles. The van der Waals surface area contributed by atoms with Gasteiger partial charge in [0.05, 0.1) is 13.4 Å². The molecule has 2 heterocycles. The molecule has 0 radical (unpaired) electrons. The van der Waals surface area contributed by atoms with Crippen LogP contribution in [-0.4, -0.2) is 67.4 Å². The fourth-order valence-corrected chi connectivity index (χ4v) is 4.77. The summed E-state index contributed by atoms with van der Waals surface area (Å²) in [6, 6.07) is 27.5. The second-order valence-electron chi connectivity index (χ2n) is 9.73. The van der Waals surface area contributed by atoms with Crippen LogP contribution < -0.4 is 15.0 Å². The smallest absolute Gasteiger partial charge is 0.290 e. The monoisotopic (exact) mass is 552 g/mol. The van der Waals surface area contributed by atoms with Crippen molar-refractivity contribution in [1.82, 2.24) is 9.80 Å². The molecule has 41 heavy (non-hydrogen) atoms. The Morgan fingerprint density at radius 3 is 2.20 bits per heavy atom. The zero-order valence-corrected chi connectivity index (χ0v) is 22.9. The van der Waals surface area contributed by atoms with Crippen LogP contribution in [0.4, 0.5) is 11.4 Å². The Labute approximate surface area is 238 Å². The molecule has 1 aliphatic rings. The van der Waals surface area contributed by atoms with Crippen LogP contribution in [0.1, 0.15) is 26.5 Å². The number of anilines is 2. The third kappa shape index (κ3) is 6.94. The molecule has 1 aliphatic heterocycles. The molecule has 0 unspecified atom stereocenters. The van der Waals surface area contributed by atoms with Crippen molar-refractivity contribution in [1.29, 1.82) is 0 Å². The number of methoxy groups -OCH3 is 1. The lowest BCUT2D eigenvalue weighted by atomic mass is 10.1. The number of hydrogen-bond donors (Lipinski definition) is 1. The Hall–Kier alpha value is -5.05. The normalized spacial score (nSPS) is 13.0. The molecule has 1 N–H and O–H groups in total. The topological polar surface area (TPSA) is 95.3 Å². The highest BCUT2D eigenvalue weighted by Gasteiger charge is 2.23. The van der Waals surface area contributed by atoms with Gasteiger partial charge in [0.25, 0.3) is 11.8 Å². The predicted molar refractivity (Wildman–Crippen MR) is 156 cm³/mol. The standard InChI is InChI=1S/C32H32N4O5/c1-40-28-15-9-25(10-16-28)31(38)35-19-17-34(18-20-35)27-13-11-26(12-14-27)33-30(37)23-36(22-24-6-3-2-4-7-24)32(39)29-8-5-21-41-29/h2-16,21H,17-20,22-23H2,1H3,(H,33,37). The second-order valence-corrected chi connectivity index (χ2v) is 9.73. The first kappa shape index (κ1) is 27.5. The van der Waals surface area contributed by atoms with Gasteiger partial charge in [-0.05, 0) is 66.2 Å². The fourth-order valence-electron chi connectivity index (χ4n) is 4.77. The summed E-state index contributed by atoms with van der Waals surface area (Å²) < 4.78 is 10.5. The maximum atomic E-state index is 13.0. The van der Waals surface area contributed by atoms with Crippen LogP contribution in [0.3, 0.4) is 0 Å². The van der Waals surface area contributed by atoms with Crippen LogP contribution in [0.25, 0.3) is 0 Å². The summed E-state index contributed by atoms with van der Waals surface area (Å²) in [6.07, 6.45) is 1.44. The quantitative estimate of drug-likeness (QED) is 0.328. The van der Waals surface area contributed by atoms with Crippen molar-refractivity contribution in [3.8, 4) is 5.75 Å². The van der Waals surface area contributed by atoms with Crippen LogP contribution in [0.5, 0.6) is 5.75 Å². The highest BCUT2D eigenvalue weighted by atomic mass is 16.5. The molecule has 3 amide bonds. The number of hydrogen-bond acceptors (Lipinski definition) is 6. The minimum Gasteiger partial charge on any atom is -0.497 e. The Morgan fingerprint density at radius 2 is 1.56 bits per heavy atom. The molecular formula is C32H32N4O5. The molecule has 5 rings (SSSR count). The van der Waals surface area contributed by atoms with E-state index >= 15 is 0 Å². The largest absolute Gasteiger partial charge is 0.497 e. The average molecular weight is 553 g/mol. The maximum Gasteiger partial charge on any atom is 0.290 e. The van der Waals surface area contributed by atoms with E-state index in [0.717, 1.165) is 17.0 Å². The lowest BCUT2D eigenvalue weighted by Crippen LogP contribution is -2.48. The highest BCUT2D eigenvalue weighted by molar-refractivity contribution is 5.98. The minimum atomic E-state index is -0.353. The van der Waals surface area contributed by atoms with E-state index in [2.05, 4.69) is 10.2 Å². The first-order chi connectivity index (χ1) is 20.0. The van der Waals surface area contributed by atoms with Gasteiger partial charge in [0.15, 0.2) is 5.76 Å². The molecule has 4 aromatic rings. The van der Waals surface area contributed by atoms with E-state index in [0.29, 0.717) is 37.4 Å². The molecule has 0 atom stereocenters. The van der Waals surface area contributed by atoms with Gasteiger partial charge in [0, 0.05) is 49.7 Å². The number of nitrogens with one attached hydrogen (secondary N) is 1. The van der Waals surface area contributed by atoms with Gasteiger partial charge in [-0.25, -0.2) is 0 Å². The van der Waals surface area contributed by atoms with E-state index in [1.54, 1.807) is 43.5 Å². The average Bonchev–Trinajstić information content (AvgIpc) is 3.56. The second kappa shape index (κ2) is 12.9. The van der Waals surface area contributed by atoms with E-state index in [9.17, 15) is 14.4 Å².